The van der Waals surface area contributed by atoms with E-state index in [0.717, 1.165) is 32.2 Å². The van der Waals surface area contributed by atoms with Crippen molar-refractivity contribution in [1.82, 2.24) is 15.1 Å². The fourth-order valence-electron chi connectivity index (χ4n) is 2.58. The lowest BCUT2D eigenvalue weighted by Gasteiger charge is -2.38. The molecule has 2 atom stereocenters. The van der Waals surface area contributed by atoms with E-state index in [9.17, 15) is 8.78 Å². The van der Waals surface area contributed by atoms with E-state index < -0.39 is 11.6 Å². The standard InChI is InChI=1S/C15H23F2N3/c1-11(12-6-13(16)8-14(17)7-12)18-9-15-10-19(2)4-5-20(15)3/h6-8,11,15,18H,4-5,9-10H2,1-3H3. The van der Waals surface area contributed by atoms with Crippen molar-refractivity contribution >= 4 is 0 Å². The Morgan fingerprint density at radius 1 is 1.20 bits per heavy atom. The summed E-state index contributed by atoms with van der Waals surface area (Å²) < 4.78 is 26.4. The van der Waals surface area contributed by atoms with Crippen LogP contribution >= 0.6 is 0 Å². The van der Waals surface area contributed by atoms with Crippen LogP contribution in [0.25, 0.3) is 0 Å². The van der Waals surface area contributed by atoms with Gasteiger partial charge in [-0.2, -0.15) is 0 Å². The predicted octanol–water partition coefficient (Wildman–Crippen LogP) is 1.86. The Labute approximate surface area is 119 Å². The smallest absolute Gasteiger partial charge is 0.126 e. The maximum atomic E-state index is 13.2. The molecule has 1 aliphatic heterocycles. The quantitative estimate of drug-likeness (QED) is 0.910. The SMILES string of the molecule is CC(NCC1CN(C)CCN1C)c1cc(F)cc(F)c1. The number of benzene rings is 1. The van der Waals surface area contributed by atoms with Gasteiger partial charge in [0.15, 0.2) is 0 Å². The summed E-state index contributed by atoms with van der Waals surface area (Å²) in [4.78, 5) is 4.63. The number of halogens is 2. The van der Waals surface area contributed by atoms with Gasteiger partial charge < -0.3 is 10.2 Å². The van der Waals surface area contributed by atoms with E-state index in [4.69, 9.17) is 0 Å². The lowest BCUT2D eigenvalue weighted by molar-refractivity contribution is 0.112. The first-order valence-corrected chi connectivity index (χ1v) is 7.04. The summed E-state index contributed by atoms with van der Waals surface area (Å²) in [5.74, 6) is -1.05. The highest BCUT2D eigenvalue weighted by Gasteiger charge is 2.22. The normalized spacial score (nSPS) is 22.9. The van der Waals surface area contributed by atoms with Gasteiger partial charge in [0.2, 0.25) is 0 Å². The van der Waals surface area contributed by atoms with Crippen LogP contribution in [0.15, 0.2) is 18.2 Å². The molecule has 112 valence electrons. The number of hydrogen-bond donors (Lipinski definition) is 1. The van der Waals surface area contributed by atoms with E-state index >= 15 is 0 Å². The van der Waals surface area contributed by atoms with Crippen molar-refractivity contribution in [3.8, 4) is 0 Å². The van der Waals surface area contributed by atoms with Gasteiger partial charge in [-0.25, -0.2) is 8.78 Å². The molecule has 0 bridgehead atoms. The molecule has 3 nitrogen and oxygen atoms in total. The number of rotatable bonds is 4. The summed E-state index contributed by atoms with van der Waals surface area (Å²) in [6.07, 6.45) is 0. The Kier molecular flexibility index (Phi) is 5.07. The van der Waals surface area contributed by atoms with Crippen LogP contribution in [0, 0.1) is 11.6 Å². The topological polar surface area (TPSA) is 18.5 Å². The molecule has 2 unspecified atom stereocenters. The molecule has 2 rings (SSSR count). The monoisotopic (exact) mass is 283 g/mol. The Hall–Kier alpha value is -1.04. The third-order valence-electron chi connectivity index (χ3n) is 4.02. The molecular weight excluding hydrogens is 260 g/mol. The zero-order chi connectivity index (χ0) is 14.7. The third-order valence-corrected chi connectivity index (χ3v) is 4.02. The molecule has 1 heterocycles. The average molecular weight is 283 g/mol. The highest BCUT2D eigenvalue weighted by molar-refractivity contribution is 5.20. The Bertz CT molecular complexity index is 432. The highest BCUT2D eigenvalue weighted by atomic mass is 19.1. The summed E-state index contributed by atoms with van der Waals surface area (Å²) in [5, 5.41) is 3.37. The Morgan fingerprint density at radius 2 is 1.85 bits per heavy atom. The van der Waals surface area contributed by atoms with Crippen LogP contribution in [0.5, 0.6) is 0 Å². The molecule has 0 aromatic heterocycles. The minimum atomic E-state index is -0.525. The summed E-state index contributed by atoms with van der Waals surface area (Å²) in [6.45, 7) is 5.87. The molecule has 0 radical (unpaired) electrons. The van der Waals surface area contributed by atoms with Crippen LogP contribution in [0.1, 0.15) is 18.5 Å². The molecule has 20 heavy (non-hydrogen) atoms. The van der Waals surface area contributed by atoms with Crippen molar-refractivity contribution in [2.75, 3.05) is 40.3 Å². The van der Waals surface area contributed by atoms with E-state index in [1.54, 1.807) is 0 Å². The molecule has 0 aliphatic carbocycles. The van der Waals surface area contributed by atoms with Crippen LogP contribution in [0.4, 0.5) is 8.78 Å². The molecule has 1 saturated heterocycles. The Morgan fingerprint density at radius 3 is 2.50 bits per heavy atom. The number of piperazine rings is 1. The number of likely N-dealkylation sites (N-methyl/N-ethyl adjacent to an activating group) is 2. The first-order chi connectivity index (χ1) is 9.45. The highest BCUT2D eigenvalue weighted by Crippen LogP contribution is 2.16. The largest absolute Gasteiger partial charge is 0.309 e. The molecule has 1 fully saturated rings. The van der Waals surface area contributed by atoms with Gasteiger partial charge in [-0.3, -0.25) is 4.90 Å². The van der Waals surface area contributed by atoms with Crippen LogP contribution in [-0.2, 0) is 0 Å². The molecular formula is C15H23F2N3. The van der Waals surface area contributed by atoms with Crippen LogP contribution in [0.2, 0.25) is 0 Å². The maximum Gasteiger partial charge on any atom is 0.126 e. The summed E-state index contributed by atoms with van der Waals surface area (Å²) in [7, 11) is 4.23. The minimum Gasteiger partial charge on any atom is -0.309 e. The van der Waals surface area contributed by atoms with Crippen molar-refractivity contribution in [2.45, 2.75) is 19.0 Å². The second-order valence-electron chi connectivity index (χ2n) is 5.73. The van der Waals surface area contributed by atoms with E-state index in [0.29, 0.717) is 11.6 Å². The zero-order valence-electron chi connectivity index (χ0n) is 12.4. The lowest BCUT2D eigenvalue weighted by Crippen LogP contribution is -2.53. The number of nitrogens with one attached hydrogen (secondary N) is 1. The van der Waals surface area contributed by atoms with Gasteiger partial charge >= 0.3 is 0 Å². The number of nitrogens with zero attached hydrogens (tertiary/aromatic N) is 2. The second-order valence-corrected chi connectivity index (χ2v) is 5.73. The van der Waals surface area contributed by atoms with Gasteiger partial charge in [0.25, 0.3) is 0 Å². The Balaban J connectivity index is 1.92. The summed E-state index contributed by atoms with van der Waals surface area (Å²) in [5.41, 5.74) is 0.648. The molecule has 1 aliphatic rings. The summed E-state index contributed by atoms with van der Waals surface area (Å²) in [6, 6.07) is 4.03. The van der Waals surface area contributed by atoms with Gasteiger partial charge in [-0.1, -0.05) is 0 Å². The molecule has 0 saturated carbocycles. The van der Waals surface area contributed by atoms with Gasteiger partial charge in [-0.15, -0.1) is 0 Å². The van der Waals surface area contributed by atoms with Gasteiger partial charge in [-0.05, 0) is 38.7 Å². The zero-order valence-corrected chi connectivity index (χ0v) is 12.4. The van der Waals surface area contributed by atoms with E-state index in [2.05, 4.69) is 29.2 Å². The van der Waals surface area contributed by atoms with E-state index in [-0.39, 0.29) is 6.04 Å². The molecule has 5 heteroatoms. The van der Waals surface area contributed by atoms with Crippen LogP contribution < -0.4 is 5.32 Å². The third kappa shape index (κ3) is 3.98. The van der Waals surface area contributed by atoms with Crippen LogP contribution in [-0.4, -0.2) is 56.1 Å². The van der Waals surface area contributed by atoms with Crippen molar-refractivity contribution in [2.24, 2.45) is 0 Å². The summed E-state index contributed by atoms with van der Waals surface area (Å²) >= 11 is 0. The lowest BCUT2D eigenvalue weighted by atomic mass is 10.1. The fourth-order valence-corrected chi connectivity index (χ4v) is 2.58. The van der Waals surface area contributed by atoms with Gasteiger partial charge in [0.1, 0.15) is 11.6 Å². The molecule has 0 spiro atoms. The minimum absolute atomic E-state index is 0.0687. The second kappa shape index (κ2) is 6.61. The maximum absolute atomic E-state index is 13.2. The van der Waals surface area contributed by atoms with E-state index in [1.807, 2.05) is 6.92 Å². The van der Waals surface area contributed by atoms with Gasteiger partial charge in [0.05, 0.1) is 0 Å². The molecule has 1 N–H and O–H groups in total. The van der Waals surface area contributed by atoms with Crippen molar-refractivity contribution < 1.29 is 8.78 Å². The first kappa shape index (κ1) is 15.4. The predicted molar refractivity (Wildman–Crippen MR) is 76.7 cm³/mol. The van der Waals surface area contributed by atoms with Crippen molar-refractivity contribution in [3.05, 3.63) is 35.4 Å². The van der Waals surface area contributed by atoms with E-state index in [1.165, 1.54) is 12.1 Å². The van der Waals surface area contributed by atoms with Crippen molar-refractivity contribution in [1.29, 1.82) is 0 Å². The molecule has 1 aromatic carbocycles. The van der Waals surface area contributed by atoms with Crippen molar-refractivity contribution in [3.63, 3.8) is 0 Å². The van der Waals surface area contributed by atoms with Crippen LogP contribution in [0.3, 0.4) is 0 Å². The molecule has 0 amide bonds. The van der Waals surface area contributed by atoms with Gasteiger partial charge in [0, 0.05) is 44.3 Å². The number of hydrogen-bond acceptors (Lipinski definition) is 3. The fraction of sp³-hybridized carbons (Fsp3) is 0.600. The average Bonchev–Trinajstić information content (AvgIpc) is 2.38. The molecule has 1 aromatic rings. The first-order valence-electron chi connectivity index (χ1n) is 7.04.